The molecule has 0 aliphatic rings. The number of hydrazone groups is 1. The predicted octanol–water partition coefficient (Wildman–Crippen LogP) is 3.70. The Labute approximate surface area is 153 Å². The van der Waals surface area contributed by atoms with Crippen molar-refractivity contribution in [1.29, 1.82) is 0 Å². The van der Waals surface area contributed by atoms with E-state index in [9.17, 15) is 14.9 Å². The molecule has 0 aliphatic carbocycles. The molecule has 3 aromatic rings. The van der Waals surface area contributed by atoms with E-state index in [2.05, 4.69) is 15.5 Å². The zero-order valence-electron chi connectivity index (χ0n) is 14.1. The van der Waals surface area contributed by atoms with E-state index in [1.807, 2.05) is 0 Å². The fourth-order valence-corrected chi connectivity index (χ4v) is 2.43. The topological polar surface area (TPSA) is 131 Å². The first-order valence-corrected chi connectivity index (χ1v) is 7.78. The standard InChI is InChI=1S/C18H14N4O5/c1-11-9-12(18(23)24)4-6-14(11)16-7-5-13(27-16)10-20-21-17-15(22(25)26)3-2-8-19-17/h2-10H,1H3,(H,19,21)(H,23,24)/b20-10-. The fraction of sp³-hybridized carbons (Fsp3) is 0.0556. The van der Waals surface area contributed by atoms with E-state index in [4.69, 9.17) is 9.52 Å². The fourth-order valence-electron chi connectivity index (χ4n) is 2.43. The van der Waals surface area contributed by atoms with Crippen LogP contribution in [0.4, 0.5) is 11.5 Å². The number of carbonyl (C=O) groups is 1. The summed E-state index contributed by atoms with van der Waals surface area (Å²) in [6, 6.07) is 10.9. The first-order valence-electron chi connectivity index (χ1n) is 7.78. The summed E-state index contributed by atoms with van der Waals surface area (Å²) in [6.45, 7) is 1.79. The van der Waals surface area contributed by atoms with Gasteiger partial charge in [-0.15, -0.1) is 0 Å². The van der Waals surface area contributed by atoms with Gasteiger partial charge in [0.2, 0.25) is 5.82 Å². The lowest BCUT2D eigenvalue weighted by molar-refractivity contribution is -0.384. The van der Waals surface area contributed by atoms with Crippen molar-refractivity contribution in [3.05, 3.63) is 75.7 Å². The Morgan fingerprint density at radius 3 is 2.85 bits per heavy atom. The van der Waals surface area contributed by atoms with Crippen LogP contribution in [0.25, 0.3) is 11.3 Å². The molecular formula is C18H14N4O5. The summed E-state index contributed by atoms with van der Waals surface area (Å²) in [4.78, 5) is 25.3. The molecule has 3 rings (SSSR count). The van der Waals surface area contributed by atoms with Gasteiger partial charge >= 0.3 is 11.7 Å². The number of nitro groups is 1. The Hall–Kier alpha value is -4.01. The maximum atomic E-state index is 11.0. The van der Waals surface area contributed by atoms with Gasteiger partial charge in [0, 0.05) is 17.8 Å². The molecule has 2 N–H and O–H groups in total. The minimum atomic E-state index is -0.994. The number of nitrogens with zero attached hydrogens (tertiary/aromatic N) is 3. The normalized spacial score (nSPS) is 10.9. The van der Waals surface area contributed by atoms with E-state index >= 15 is 0 Å². The van der Waals surface area contributed by atoms with E-state index in [0.717, 1.165) is 11.1 Å². The number of aryl methyl sites for hydroxylation is 1. The zero-order chi connectivity index (χ0) is 19.4. The number of aromatic nitrogens is 1. The number of furan rings is 1. The number of nitrogens with one attached hydrogen (secondary N) is 1. The monoisotopic (exact) mass is 366 g/mol. The van der Waals surface area contributed by atoms with Crippen LogP contribution in [0.2, 0.25) is 0 Å². The van der Waals surface area contributed by atoms with Gasteiger partial charge in [0.05, 0.1) is 16.7 Å². The Morgan fingerprint density at radius 2 is 2.15 bits per heavy atom. The summed E-state index contributed by atoms with van der Waals surface area (Å²) in [5.74, 6) is -0.00950. The second-order valence-electron chi connectivity index (χ2n) is 5.54. The molecule has 0 aliphatic heterocycles. The molecule has 0 fully saturated rings. The zero-order valence-corrected chi connectivity index (χ0v) is 14.1. The van der Waals surface area contributed by atoms with Crippen molar-refractivity contribution in [2.24, 2.45) is 5.10 Å². The molecule has 136 valence electrons. The Morgan fingerprint density at radius 1 is 1.33 bits per heavy atom. The van der Waals surface area contributed by atoms with Crippen molar-refractivity contribution < 1.29 is 19.2 Å². The lowest BCUT2D eigenvalue weighted by Gasteiger charge is -2.03. The first-order chi connectivity index (χ1) is 13.0. The molecule has 27 heavy (non-hydrogen) atoms. The molecule has 9 heteroatoms. The summed E-state index contributed by atoms with van der Waals surface area (Å²) in [7, 11) is 0. The van der Waals surface area contributed by atoms with Crippen LogP contribution in [0.3, 0.4) is 0 Å². The molecule has 0 bridgehead atoms. The van der Waals surface area contributed by atoms with Crippen LogP contribution in [-0.4, -0.2) is 27.2 Å². The Bertz CT molecular complexity index is 1040. The van der Waals surface area contributed by atoms with Gasteiger partial charge < -0.3 is 9.52 Å². The molecule has 0 amide bonds. The molecule has 0 unspecified atom stereocenters. The summed E-state index contributed by atoms with van der Waals surface area (Å²) in [5, 5.41) is 23.9. The molecule has 0 spiro atoms. The Balaban J connectivity index is 1.76. The van der Waals surface area contributed by atoms with Crippen molar-refractivity contribution >= 4 is 23.7 Å². The van der Waals surface area contributed by atoms with Crippen molar-refractivity contribution in [2.45, 2.75) is 6.92 Å². The average molecular weight is 366 g/mol. The molecule has 0 saturated heterocycles. The van der Waals surface area contributed by atoms with Gasteiger partial charge in [0.1, 0.15) is 11.5 Å². The average Bonchev–Trinajstić information content (AvgIpc) is 3.10. The van der Waals surface area contributed by atoms with Crippen LogP contribution in [-0.2, 0) is 0 Å². The molecule has 1 aromatic carbocycles. The number of anilines is 1. The molecule has 0 saturated carbocycles. The SMILES string of the molecule is Cc1cc(C(=O)O)ccc1-c1ccc(/C=N\Nc2ncccc2[N+](=O)[O-])o1. The number of rotatable bonds is 6. The molecular weight excluding hydrogens is 352 g/mol. The maximum Gasteiger partial charge on any atom is 0.335 e. The van der Waals surface area contributed by atoms with Gasteiger partial charge in [-0.3, -0.25) is 15.5 Å². The van der Waals surface area contributed by atoms with Gasteiger partial charge in [-0.05, 0) is 42.8 Å². The lowest BCUT2D eigenvalue weighted by Crippen LogP contribution is -1.98. The van der Waals surface area contributed by atoms with Crippen LogP contribution in [0.5, 0.6) is 0 Å². The lowest BCUT2D eigenvalue weighted by atomic mass is 10.0. The van der Waals surface area contributed by atoms with E-state index in [0.29, 0.717) is 11.5 Å². The third-order valence-corrected chi connectivity index (χ3v) is 3.71. The number of aromatic carboxylic acids is 1. The highest BCUT2D eigenvalue weighted by Crippen LogP contribution is 2.26. The smallest absolute Gasteiger partial charge is 0.335 e. The largest absolute Gasteiger partial charge is 0.478 e. The van der Waals surface area contributed by atoms with E-state index in [-0.39, 0.29) is 17.1 Å². The van der Waals surface area contributed by atoms with Crippen molar-refractivity contribution in [3.8, 4) is 11.3 Å². The molecule has 0 radical (unpaired) electrons. The van der Waals surface area contributed by atoms with Crippen molar-refractivity contribution in [2.75, 3.05) is 5.43 Å². The number of benzene rings is 1. The number of pyridine rings is 1. The second-order valence-corrected chi connectivity index (χ2v) is 5.54. The van der Waals surface area contributed by atoms with E-state index in [1.165, 1.54) is 30.6 Å². The Kier molecular flexibility index (Phi) is 4.93. The number of carboxylic acids is 1. The summed E-state index contributed by atoms with van der Waals surface area (Å²) < 4.78 is 5.68. The van der Waals surface area contributed by atoms with E-state index in [1.54, 1.807) is 31.2 Å². The van der Waals surface area contributed by atoms with E-state index < -0.39 is 10.9 Å². The third kappa shape index (κ3) is 3.98. The maximum absolute atomic E-state index is 11.0. The van der Waals surface area contributed by atoms with Crippen LogP contribution in [0, 0.1) is 17.0 Å². The molecule has 2 heterocycles. The minimum Gasteiger partial charge on any atom is -0.478 e. The van der Waals surface area contributed by atoms with Gasteiger partial charge in [0.25, 0.3) is 0 Å². The molecule has 9 nitrogen and oxygen atoms in total. The van der Waals surface area contributed by atoms with Crippen LogP contribution >= 0.6 is 0 Å². The number of hydrogen-bond donors (Lipinski definition) is 2. The highest BCUT2D eigenvalue weighted by Gasteiger charge is 2.13. The van der Waals surface area contributed by atoms with Crippen molar-refractivity contribution in [3.63, 3.8) is 0 Å². The van der Waals surface area contributed by atoms with Gasteiger partial charge in [0.15, 0.2) is 0 Å². The number of carboxylic acid groups (broad SMARTS) is 1. The first kappa shape index (κ1) is 17.8. The predicted molar refractivity (Wildman–Crippen MR) is 97.9 cm³/mol. The third-order valence-electron chi connectivity index (χ3n) is 3.71. The van der Waals surface area contributed by atoms with Gasteiger partial charge in [-0.25, -0.2) is 9.78 Å². The highest BCUT2D eigenvalue weighted by atomic mass is 16.6. The van der Waals surface area contributed by atoms with Crippen LogP contribution in [0.15, 0.2) is 58.2 Å². The van der Waals surface area contributed by atoms with Gasteiger partial charge in [-0.2, -0.15) is 5.10 Å². The highest BCUT2D eigenvalue weighted by molar-refractivity contribution is 5.89. The molecule has 2 aromatic heterocycles. The van der Waals surface area contributed by atoms with Crippen LogP contribution in [0.1, 0.15) is 21.7 Å². The number of hydrogen-bond acceptors (Lipinski definition) is 7. The van der Waals surface area contributed by atoms with Crippen molar-refractivity contribution in [1.82, 2.24) is 4.98 Å². The summed E-state index contributed by atoms with van der Waals surface area (Å²) in [5.41, 5.74) is 4.04. The molecule has 0 atom stereocenters. The second kappa shape index (κ2) is 7.48. The quantitative estimate of drug-likeness (QED) is 0.386. The van der Waals surface area contributed by atoms with Gasteiger partial charge in [-0.1, -0.05) is 6.07 Å². The minimum absolute atomic E-state index is 0.0191. The summed E-state index contributed by atoms with van der Waals surface area (Å²) >= 11 is 0. The summed E-state index contributed by atoms with van der Waals surface area (Å²) in [6.07, 6.45) is 2.78. The van der Waals surface area contributed by atoms with Crippen LogP contribution < -0.4 is 5.43 Å².